The van der Waals surface area contributed by atoms with Gasteiger partial charge in [-0.15, -0.1) is 0 Å². The standard InChI is InChI=1S/C15H22N2O3/c1-3-20-15(18)12-6-9-17(10-7-12)11-13-5-4-8-16-14(13)19-2/h4-5,8,12H,3,6-7,9-11H2,1-2H3. The largest absolute Gasteiger partial charge is 0.481 e. The highest BCUT2D eigenvalue weighted by atomic mass is 16.5. The fraction of sp³-hybridized carbons (Fsp3) is 0.600. The number of hydrogen-bond donors (Lipinski definition) is 0. The van der Waals surface area contributed by atoms with Crippen molar-refractivity contribution < 1.29 is 14.3 Å². The van der Waals surface area contributed by atoms with Crippen molar-refractivity contribution in [2.75, 3.05) is 26.8 Å². The molecule has 0 aliphatic carbocycles. The number of ether oxygens (including phenoxy) is 2. The van der Waals surface area contributed by atoms with Crippen molar-refractivity contribution in [1.82, 2.24) is 9.88 Å². The quantitative estimate of drug-likeness (QED) is 0.770. The topological polar surface area (TPSA) is 51.7 Å². The molecular weight excluding hydrogens is 256 g/mol. The lowest BCUT2D eigenvalue weighted by Crippen LogP contribution is -2.36. The molecule has 0 bridgehead atoms. The summed E-state index contributed by atoms with van der Waals surface area (Å²) in [5.41, 5.74) is 1.09. The number of piperidine rings is 1. The van der Waals surface area contributed by atoms with Crippen LogP contribution < -0.4 is 4.74 Å². The molecule has 110 valence electrons. The molecule has 1 aromatic heterocycles. The summed E-state index contributed by atoms with van der Waals surface area (Å²) in [6.07, 6.45) is 3.46. The van der Waals surface area contributed by atoms with E-state index in [-0.39, 0.29) is 11.9 Å². The molecular formula is C15H22N2O3. The number of nitrogens with zero attached hydrogens (tertiary/aromatic N) is 2. The van der Waals surface area contributed by atoms with Crippen LogP contribution in [0.1, 0.15) is 25.3 Å². The van der Waals surface area contributed by atoms with Crippen molar-refractivity contribution in [3.8, 4) is 5.88 Å². The first kappa shape index (κ1) is 14.8. The minimum absolute atomic E-state index is 0.0499. The van der Waals surface area contributed by atoms with Crippen LogP contribution in [0.4, 0.5) is 0 Å². The predicted molar refractivity (Wildman–Crippen MR) is 75.4 cm³/mol. The second-order valence-corrected chi connectivity index (χ2v) is 4.97. The lowest BCUT2D eigenvalue weighted by atomic mass is 9.97. The van der Waals surface area contributed by atoms with Gasteiger partial charge in [0.15, 0.2) is 0 Å². The maximum absolute atomic E-state index is 11.7. The van der Waals surface area contributed by atoms with Gasteiger partial charge < -0.3 is 9.47 Å². The molecule has 0 spiro atoms. The first-order valence-corrected chi connectivity index (χ1v) is 7.11. The van der Waals surface area contributed by atoms with Gasteiger partial charge in [-0.1, -0.05) is 6.07 Å². The van der Waals surface area contributed by atoms with E-state index in [1.807, 2.05) is 19.1 Å². The van der Waals surface area contributed by atoms with Gasteiger partial charge in [0.05, 0.1) is 19.6 Å². The van der Waals surface area contributed by atoms with E-state index in [1.165, 1.54) is 0 Å². The number of aromatic nitrogens is 1. The average Bonchev–Trinajstić information content (AvgIpc) is 2.49. The van der Waals surface area contributed by atoms with E-state index in [0.717, 1.165) is 38.0 Å². The fourth-order valence-corrected chi connectivity index (χ4v) is 2.56. The van der Waals surface area contributed by atoms with Crippen LogP contribution in [0.3, 0.4) is 0 Å². The maximum Gasteiger partial charge on any atom is 0.309 e. The van der Waals surface area contributed by atoms with Gasteiger partial charge in [-0.3, -0.25) is 9.69 Å². The summed E-state index contributed by atoms with van der Waals surface area (Å²) in [4.78, 5) is 18.2. The minimum atomic E-state index is -0.0499. The Morgan fingerprint density at radius 2 is 2.20 bits per heavy atom. The number of rotatable bonds is 5. The molecule has 0 saturated carbocycles. The van der Waals surface area contributed by atoms with Crippen molar-refractivity contribution >= 4 is 5.97 Å². The molecule has 0 unspecified atom stereocenters. The summed E-state index contributed by atoms with van der Waals surface area (Å²) in [5, 5.41) is 0. The summed E-state index contributed by atoms with van der Waals surface area (Å²) >= 11 is 0. The lowest BCUT2D eigenvalue weighted by Gasteiger charge is -2.30. The Labute approximate surface area is 119 Å². The van der Waals surface area contributed by atoms with E-state index < -0.39 is 0 Å². The Hall–Kier alpha value is -1.62. The molecule has 1 saturated heterocycles. The zero-order valence-corrected chi connectivity index (χ0v) is 12.2. The van der Waals surface area contributed by atoms with Crippen LogP contribution in [0.25, 0.3) is 0 Å². The minimum Gasteiger partial charge on any atom is -0.481 e. The van der Waals surface area contributed by atoms with Crippen LogP contribution >= 0.6 is 0 Å². The van der Waals surface area contributed by atoms with E-state index in [1.54, 1.807) is 13.3 Å². The van der Waals surface area contributed by atoms with Crippen molar-refractivity contribution in [2.24, 2.45) is 5.92 Å². The third kappa shape index (κ3) is 3.70. The Kier molecular flexibility index (Phi) is 5.35. The highest BCUT2D eigenvalue weighted by Gasteiger charge is 2.26. The third-order valence-corrected chi connectivity index (χ3v) is 3.64. The van der Waals surface area contributed by atoms with Crippen LogP contribution in [0.5, 0.6) is 5.88 Å². The number of methoxy groups -OCH3 is 1. The monoisotopic (exact) mass is 278 g/mol. The number of hydrogen-bond acceptors (Lipinski definition) is 5. The summed E-state index contributed by atoms with van der Waals surface area (Å²) in [7, 11) is 1.64. The second-order valence-electron chi connectivity index (χ2n) is 4.97. The Bertz CT molecular complexity index is 442. The van der Waals surface area contributed by atoms with E-state index in [2.05, 4.69) is 9.88 Å². The highest BCUT2D eigenvalue weighted by Crippen LogP contribution is 2.22. The first-order chi connectivity index (χ1) is 9.74. The molecule has 5 nitrogen and oxygen atoms in total. The molecule has 0 atom stereocenters. The van der Waals surface area contributed by atoms with Gasteiger partial charge in [-0.05, 0) is 38.9 Å². The molecule has 1 aliphatic heterocycles. The summed E-state index contributed by atoms with van der Waals surface area (Å²) in [6.45, 7) is 4.93. The summed E-state index contributed by atoms with van der Waals surface area (Å²) in [6, 6.07) is 3.95. The van der Waals surface area contributed by atoms with E-state index in [4.69, 9.17) is 9.47 Å². The average molecular weight is 278 g/mol. The third-order valence-electron chi connectivity index (χ3n) is 3.64. The number of carbonyl (C=O) groups excluding carboxylic acids is 1. The molecule has 0 N–H and O–H groups in total. The van der Waals surface area contributed by atoms with Crippen molar-refractivity contribution in [3.63, 3.8) is 0 Å². The van der Waals surface area contributed by atoms with Crippen LogP contribution in [0.15, 0.2) is 18.3 Å². The van der Waals surface area contributed by atoms with Gasteiger partial charge in [0, 0.05) is 18.3 Å². The van der Waals surface area contributed by atoms with E-state index >= 15 is 0 Å². The van der Waals surface area contributed by atoms with Crippen LogP contribution in [-0.4, -0.2) is 42.7 Å². The van der Waals surface area contributed by atoms with Gasteiger partial charge in [-0.2, -0.15) is 0 Å². The molecule has 1 aliphatic rings. The fourth-order valence-electron chi connectivity index (χ4n) is 2.56. The van der Waals surface area contributed by atoms with Crippen molar-refractivity contribution in [1.29, 1.82) is 0 Å². The van der Waals surface area contributed by atoms with Crippen LogP contribution in [0, 0.1) is 5.92 Å². The maximum atomic E-state index is 11.7. The lowest BCUT2D eigenvalue weighted by molar-refractivity contribution is -0.149. The zero-order valence-electron chi connectivity index (χ0n) is 12.2. The Balaban J connectivity index is 1.87. The van der Waals surface area contributed by atoms with Gasteiger partial charge in [0.1, 0.15) is 0 Å². The first-order valence-electron chi connectivity index (χ1n) is 7.11. The number of pyridine rings is 1. The van der Waals surface area contributed by atoms with Crippen molar-refractivity contribution in [3.05, 3.63) is 23.9 Å². The highest BCUT2D eigenvalue weighted by molar-refractivity contribution is 5.72. The molecule has 20 heavy (non-hydrogen) atoms. The van der Waals surface area contributed by atoms with E-state index in [9.17, 15) is 4.79 Å². The van der Waals surface area contributed by atoms with Gasteiger partial charge in [0.2, 0.25) is 5.88 Å². The SMILES string of the molecule is CCOC(=O)C1CCN(Cc2cccnc2OC)CC1. The molecule has 2 heterocycles. The van der Waals surface area contributed by atoms with Gasteiger partial charge in [-0.25, -0.2) is 4.98 Å². The smallest absolute Gasteiger partial charge is 0.309 e. The molecule has 1 aromatic rings. The summed E-state index contributed by atoms with van der Waals surface area (Å²) in [5.74, 6) is 0.688. The number of esters is 1. The molecule has 0 aromatic carbocycles. The van der Waals surface area contributed by atoms with Crippen LogP contribution in [0.2, 0.25) is 0 Å². The van der Waals surface area contributed by atoms with E-state index in [0.29, 0.717) is 12.5 Å². The molecule has 5 heteroatoms. The Morgan fingerprint density at radius 3 is 2.85 bits per heavy atom. The predicted octanol–water partition coefficient (Wildman–Crippen LogP) is 1.87. The second kappa shape index (κ2) is 7.24. The molecule has 1 fully saturated rings. The van der Waals surface area contributed by atoms with Crippen molar-refractivity contribution in [2.45, 2.75) is 26.3 Å². The van der Waals surface area contributed by atoms with Gasteiger partial charge in [0.25, 0.3) is 0 Å². The molecule has 0 radical (unpaired) electrons. The zero-order chi connectivity index (χ0) is 14.4. The Morgan fingerprint density at radius 1 is 1.45 bits per heavy atom. The summed E-state index contributed by atoms with van der Waals surface area (Å²) < 4.78 is 10.4. The molecule has 0 amide bonds. The number of likely N-dealkylation sites (tertiary alicyclic amines) is 1. The normalized spacial score (nSPS) is 16.9. The van der Waals surface area contributed by atoms with Crippen LogP contribution in [-0.2, 0) is 16.1 Å². The molecule has 2 rings (SSSR count). The van der Waals surface area contributed by atoms with Gasteiger partial charge >= 0.3 is 5.97 Å². The number of carbonyl (C=O) groups is 1.